The lowest BCUT2D eigenvalue weighted by Crippen LogP contribution is -2.16. The van der Waals surface area contributed by atoms with Gasteiger partial charge < -0.3 is 9.30 Å². The molecule has 0 fully saturated rings. The standard InChI is InChI=1S/C11H16N2O2/c1-3-15-11(14)9-7-13-5-4-8(2)6-10(13)12-9/h7-8H,3-6H2,1-2H3. The maximum absolute atomic E-state index is 11.4. The molecule has 0 aromatic carbocycles. The summed E-state index contributed by atoms with van der Waals surface area (Å²) in [4.78, 5) is 15.8. The Labute approximate surface area is 89.3 Å². The van der Waals surface area contributed by atoms with Crippen LogP contribution in [0.5, 0.6) is 0 Å². The van der Waals surface area contributed by atoms with E-state index in [2.05, 4.69) is 16.5 Å². The smallest absolute Gasteiger partial charge is 0.358 e. The Morgan fingerprint density at radius 1 is 1.73 bits per heavy atom. The van der Waals surface area contributed by atoms with Gasteiger partial charge in [0, 0.05) is 19.2 Å². The number of carbonyl (C=O) groups excluding carboxylic acids is 1. The first-order valence-corrected chi connectivity index (χ1v) is 5.44. The third-order valence-corrected chi connectivity index (χ3v) is 2.74. The van der Waals surface area contributed by atoms with E-state index in [-0.39, 0.29) is 5.97 Å². The van der Waals surface area contributed by atoms with Crippen molar-refractivity contribution in [3.8, 4) is 0 Å². The molecule has 0 amide bonds. The molecule has 2 rings (SSSR count). The Hall–Kier alpha value is -1.32. The summed E-state index contributed by atoms with van der Waals surface area (Å²) < 4.78 is 6.98. The molecule has 0 spiro atoms. The van der Waals surface area contributed by atoms with E-state index in [0.717, 1.165) is 25.2 Å². The van der Waals surface area contributed by atoms with Crippen molar-refractivity contribution in [2.75, 3.05) is 6.61 Å². The molecule has 0 bridgehead atoms. The van der Waals surface area contributed by atoms with Gasteiger partial charge in [-0.05, 0) is 19.3 Å². The highest BCUT2D eigenvalue weighted by molar-refractivity contribution is 5.87. The zero-order valence-electron chi connectivity index (χ0n) is 9.19. The zero-order chi connectivity index (χ0) is 10.8. The number of nitrogens with zero attached hydrogens (tertiary/aromatic N) is 2. The Balaban J connectivity index is 2.19. The quantitative estimate of drug-likeness (QED) is 0.694. The second-order valence-corrected chi connectivity index (χ2v) is 4.05. The molecule has 1 unspecified atom stereocenters. The molecule has 4 nitrogen and oxygen atoms in total. The van der Waals surface area contributed by atoms with Gasteiger partial charge in [0.15, 0.2) is 5.69 Å². The highest BCUT2D eigenvalue weighted by Gasteiger charge is 2.20. The van der Waals surface area contributed by atoms with Crippen molar-refractivity contribution in [3.63, 3.8) is 0 Å². The van der Waals surface area contributed by atoms with Crippen molar-refractivity contribution < 1.29 is 9.53 Å². The van der Waals surface area contributed by atoms with E-state index in [0.29, 0.717) is 18.2 Å². The van der Waals surface area contributed by atoms with Crippen molar-refractivity contribution in [2.24, 2.45) is 5.92 Å². The van der Waals surface area contributed by atoms with Crippen molar-refractivity contribution in [1.29, 1.82) is 0 Å². The molecule has 1 aliphatic rings. The van der Waals surface area contributed by atoms with Crippen molar-refractivity contribution >= 4 is 5.97 Å². The summed E-state index contributed by atoms with van der Waals surface area (Å²) in [6, 6.07) is 0. The minimum Gasteiger partial charge on any atom is -0.461 e. The summed E-state index contributed by atoms with van der Waals surface area (Å²) in [5.41, 5.74) is 0.445. The Kier molecular flexibility index (Phi) is 2.75. The van der Waals surface area contributed by atoms with Crippen molar-refractivity contribution in [2.45, 2.75) is 33.2 Å². The highest BCUT2D eigenvalue weighted by atomic mass is 16.5. The maximum atomic E-state index is 11.4. The summed E-state index contributed by atoms with van der Waals surface area (Å²) in [7, 11) is 0. The molecule has 4 heteroatoms. The maximum Gasteiger partial charge on any atom is 0.358 e. The molecular formula is C11H16N2O2. The predicted octanol–water partition coefficient (Wildman–Crippen LogP) is 1.64. The van der Waals surface area contributed by atoms with Gasteiger partial charge in [0.25, 0.3) is 0 Å². The van der Waals surface area contributed by atoms with Crippen LogP contribution in [-0.4, -0.2) is 22.1 Å². The van der Waals surface area contributed by atoms with Crippen LogP contribution >= 0.6 is 0 Å². The number of hydrogen-bond donors (Lipinski definition) is 0. The van der Waals surface area contributed by atoms with Crippen LogP contribution in [0.25, 0.3) is 0 Å². The summed E-state index contributed by atoms with van der Waals surface area (Å²) in [5.74, 6) is 1.36. The average Bonchev–Trinajstić information content (AvgIpc) is 2.60. The van der Waals surface area contributed by atoms with Crippen LogP contribution in [-0.2, 0) is 17.7 Å². The Morgan fingerprint density at radius 3 is 3.27 bits per heavy atom. The van der Waals surface area contributed by atoms with E-state index >= 15 is 0 Å². The van der Waals surface area contributed by atoms with E-state index < -0.39 is 0 Å². The first-order chi connectivity index (χ1) is 7.20. The second-order valence-electron chi connectivity index (χ2n) is 4.05. The van der Waals surface area contributed by atoms with Gasteiger partial charge in [0.2, 0.25) is 0 Å². The fraction of sp³-hybridized carbons (Fsp3) is 0.636. The molecule has 1 aromatic heterocycles. The van der Waals surface area contributed by atoms with Crippen LogP contribution in [0.2, 0.25) is 0 Å². The molecule has 1 atom stereocenters. The number of rotatable bonds is 2. The van der Waals surface area contributed by atoms with Crippen LogP contribution in [0, 0.1) is 5.92 Å². The molecule has 82 valence electrons. The van der Waals surface area contributed by atoms with Gasteiger partial charge in [-0.1, -0.05) is 6.92 Å². The van der Waals surface area contributed by atoms with E-state index in [4.69, 9.17) is 4.74 Å². The number of carbonyl (C=O) groups is 1. The molecule has 0 saturated heterocycles. The fourth-order valence-electron chi connectivity index (χ4n) is 1.89. The molecule has 1 aromatic rings. The lowest BCUT2D eigenvalue weighted by Gasteiger charge is -2.18. The minimum atomic E-state index is -0.313. The van der Waals surface area contributed by atoms with Gasteiger partial charge in [-0.2, -0.15) is 0 Å². The molecule has 0 N–H and O–H groups in total. The van der Waals surface area contributed by atoms with E-state index in [9.17, 15) is 4.79 Å². The topological polar surface area (TPSA) is 44.1 Å². The van der Waals surface area contributed by atoms with E-state index in [1.54, 1.807) is 13.1 Å². The molecule has 0 aliphatic carbocycles. The van der Waals surface area contributed by atoms with Gasteiger partial charge in [0.1, 0.15) is 5.82 Å². The summed E-state index contributed by atoms with van der Waals surface area (Å²) in [6.45, 7) is 5.37. The van der Waals surface area contributed by atoms with Gasteiger partial charge in [0.05, 0.1) is 6.61 Å². The third kappa shape index (κ3) is 2.03. The summed E-state index contributed by atoms with van der Waals surface area (Å²) >= 11 is 0. The lowest BCUT2D eigenvalue weighted by atomic mass is 10.0. The van der Waals surface area contributed by atoms with Crippen LogP contribution < -0.4 is 0 Å². The van der Waals surface area contributed by atoms with Crippen LogP contribution in [0.15, 0.2) is 6.20 Å². The SMILES string of the molecule is CCOC(=O)c1cn2c(n1)CC(C)CC2. The molecule has 15 heavy (non-hydrogen) atoms. The van der Waals surface area contributed by atoms with Crippen molar-refractivity contribution in [1.82, 2.24) is 9.55 Å². The molecule has 1 aliphatic heterocycles. The van der Waals surface area contributed by atoms with E-state index in [1.807, 2.05) is 0 Å². The zero-order valence-corrected chi connectivity index (χ0v) is 9.19. The Morgan fingerprint density at radius 2 is 2.53 bits per heavy atom. The van der Waals surface area contributed by atoms with E-state index in [1.165, 1.54) is 0 Å². The second kappa shape index (κ2) is 4.04. The number of imidazole rings is 1. The van der Waals surface area contributed by atoms with Gasteiger partial charge in [-0.3, -0.25) is 0 Å². The lowest BCUT2D eigenvalue weighted by molar-refractivity contribution is 0.0520. The monoisotopic (exact) mass is 208 g/mol. The number of hydrogen-bond acceptors (Lipinski definition) is 3. The Bertz CT molecular complexity index is 371. The first kappa shape index (κ1) is 10.2. The normalized spacial score (nSPS) is 19.7. The highest BCUT2D eigenvalue weighted by Crippen LogP contribution is 2.19. The van der Waals surface area contributed by atoms with Gasteiger partial charge >= 0.3 is 5.97 Å². The predicted molar refractivity (Wildman–Crippen MR) is 55.7 cm³/mol. The number of esters is 1. The third-order valence-electron chi connectivity index (χ3n) is 2.74. The molecule has 2 heterocycles. The number of aryl methyl sites for hydroxylation is 1. The number of fused-ring (bicyclic) bond motifs is 1. The van der Waals surface area contributed by atoms with Crippen LogP contribution in [0.3, 0.4) is 0 Å². The molecule has 0 radical (unpaired) electrons. The fourth-order valence-corrected chi connectivity index (χ4v) is 1.89. The van der Waals surface area contributed by atoms with Crippen molar-refractivity contribution in [3.05, 3.63) is 17.7 Å². The van der Waals surface area contributed by atoms with Crippen LogP contribution in [0.1, 0.15) is 36.6 Å². The number of ether oxygens (including phenoxy) is 1. The first-order valence-electron chi connectivity index (χ1n) is 5.44. The molecule has 0 saturated carbocycles. The largest absolute Gasteiger partial charge is 0.461 e. The average molecular weight is 208 g/mol. The summed E-state index contributed by atoms with van der Waals surface area (Å²) in [6.07, 6.45) is 3.92. The van der Waals surface area contributed by atoms with Gasteiger partial charge in [-0.15, -0.1) is 0 Å². The van der Waals surface area contributed by atoms with Crippen LogP contribution in [0.4, 0.5) is 0 Å². The number of aromatic nitrogens is 2. The minimum absolute atomic E-state index is 0.313. The molecular weight excluding hydrogens is 192 g/mol. The summed E-state index contributed by atoms with van der Waals surface area (Å²) in [5, 5.41) is 0. The van der Waals surface area contributed by atoms with Gasteiger partial charge in [-0.25, -0.2) is 9.78 Å².